The van der Waals surface area contributed by atoms with Gasteiger partial charge in [0, 0.05) is 38.6 Å². The zero-order chi connectivity index (χ0) is 12.1. The van der Waals surface area contributed by atoms with Crippen LogP contribution in [0.3, 0.4) is 0 Å². The van der Waals surface area contributed by atoms with Gasteiger partial charge in [0.05, 0.1) is 19.8 Å². The standard InChI is InChI=1S/C12H22N2O3/c15-8-5-14(12(16)11-1-2-11)4-3-13-6-9-17-10-7-13/h11,15H,1-10H2. The summed E-state index contributed by atoms with van der Waals surface area (Å²) in [6.45, 7) is 5.63. The molecule has 0 bridgehead atoms. The Labute approximate surface area is 102 Å². The van der Waals surface area contributed by atoms with E-state index in [0.717, 1.165) is 52.2 Å². The van der Waals surface area contributed by atoms with E-state index in [9.17, 15) is 4.79 Å². The molecular formula is C12H22N2O3. The van der Waals surface area contributed by atoms with Gasteiger partial charge >= 0.3 is 0 Å². The van der Waals surface area contributed by atoms with Crippen LogP contribution in [0.1, 0.15) is 12.8 Å². The molecule has 1 saturated heterocycles. The van der Waals surface area contributed by atoms with Crippen LogP contribution in [-0.2, 0) is 9.53 Å². The van der Waals surface area contributed by atoms with Gasteiger partial charge in [0.1, 0.15) is 0 Å². The van der Waals surface area contributed by atoms with E-state index >= 15 is 0 Å². The summed E-state index contributed by atoms with van der Waals surface area (Å²) < 4.78 is 5.29. The Morgan fingerprint density at radius 1 is 1.29 bits per heavy atom. The molecule has 1 N–H and O–H groups in total. The molecule has 98 valence electrons. The van der Waals surface area contributed by atoms with E-state index in [4.69, 9.17) is 9.84 Å². The first-order valence-corrected chi connectivity index (χ1v) is 6.51. The number of morpholine rings is 1. The number of aliphatic hydroxyl groups is 1. The SMILES string of the molecule is O=C(C1CC1)N(CCO)CCN1CCOCC1. The fourth-order valence-corrected chi connectivity index (χ4v) is 2.13. The van der Waals surface area contributed by atoms with Gasteiger partial charge in [-0.3, -0.25) is 9.69 Å². The highest BCUT2D eigenvalue weighted by Gasteiger charge is 2.33. The third kappa shape index (κ3) is 3.94. The van der Waals surface area contributed by atoms with E-state index in [0.29, 0.717) is 6.54 Å². The highest BCUT2D eigenvalue weighted by atomic mass is 16.5. The van der Waals surface area contributed by atoms with Gasteiger partial charge in [-0.25, -0.2) is 0 Å². The summed E-state index contributed by atoms with van der Waals surface area (Å²) in [6.07, 6.45) is 2.05. The van der Waals surface area contributed by atoms with Crippen molar-refractivity contribution >= 4 is 5.91 Å². The summed E-state index contributed by atoms with van der Waals surface area (Å²) in [6, 6.07) is 0. The van der Waals surface area contributed by atoms with Crippen molar-refractivity contribution in [3.63, 3.8) is 0 Å². The number of rotatable bonds is 6. The number of nitrogens with zero attached hydrogens (tertiary/aromatic N) is 2. The minimum Gasteiger partial charge on any atom is -0.395 e. The van der Waals surface area contributed by atoms with Crippen molar-refractivity contribution in [3.8, 4) is 0 Å². The molecule has 0 spiro atoms. The lowest BCUT2D eigenvalue weighted by Crippen LogP contribution is -2.44. The molecule has 0 unspecified atom stereocenters. The van der Waals surface area contributed by atoms with Gasteiger partial charge in [-0.15, -0.1) is 0 Å². The summed E-state index contributed by atoms with van der Waals surface area (Å²) in [5.74, 6) is 0.471. The first-order chi connectivity index (χ1) is 8.31. The normalized spacial score (nSPS) is 21.5. The third-order valence-electron chi connectivity index (χ3n) is 3.40. The zero-order valence-electron chi connectivity index (χ0n) is 10.3. The van der Waals surface area contributed by atoms with Gasteiger partial charge < -0.3 is 14.7 Å². The van der Waals surface area contributed by atoms with Crippen LogP contribution in [0.4, 0.5) is 0 Å². The predicted molar refractivity (Wildman–Crippen MR) is 63.6 cm³/mol. The lowest BCUT2D eigenvalue weighted by Gasteiger charge is -2.30. The van der Waals surface area contributed by atoms with E-state index in [1.807, 2.05) is 4.90 Å². The summed E-state index contributed by atoms with van der Waals surface area (Å²) in [7, 11) is 0. The Balaban J connectivity index is 1.73. The molecule has 2 aliphatic rings. The monoisotopic (exact) mass is 242 g/mol. The van der Waals surface area contributed by atoms with Crippen molar-refractivity contribution in [3.05, 3.63) is 0 Å². The maximum atomic E-state index is 11.9. The van der Waals surface area contributed by atoms with E-state index in [2.05, 4.69) is 4.90 Å². The van der Waals surface area contributed by atoms with E-state index in [1.54, 1.807) is 0 Å². The minimum absolute atomic E-state index is 0.0571. The van der Waals surface area contributed by atoms with Gasteiger partial charge in [-0.1, -0.05) is 0 Å². The average molecular weight is 242 g/mol. The fourth-order valence-electron chi connectivity index (χ4n) is 2.13. The van der Waals surface area contributed by atoms with Gasteiger partial charge in [-0.05, 0) is 12.8 Å². The third-order valence-corrected chi connectivity index (χ3v) is 3.40. The first kappa shape index (κ1) is 12.8. The van der Waals surface area contributed by atoms with E-state index in [1.165, 1.54) is 0 Å². The summed E-state index contributed by atoms with van der Waals surface area (Å²) in [4.78, 5) is 16.1. The molecule has 1 aliphatic heterocycles. The number of aliphatic hydroxyl groups excluding tert-OH is 1. The zero-order valence-corrected chi connectivity index (χ0v) is 10.3. The van der Waals surface area contributed by atoms with Crippen molar-refractivity contribution in [2.45, 2.75) is 12.8 Å². The number of hydrogen-bond donors (Lipinski definition) is 1. The Morgan fingerprint density at radius 3 is 2.59 bits per heavy atom. The molecule has 5 nitrogen and oxygen atoms in total. The Morgan fingerprint density at radius 2 is 2.00 bits per heavy atom. The topological polar surface area (TPSA) is 53.0 Å². The predicted octanol–water partition coefficient (Wildman–Crippen LogP) is -0.450. The number of hydrogen-bond acceptors (Lipinski definition) is 4. The van der Waals surface area contributed by atoms with Crippen LogP contribution in [0.25, 0.3) is 0 Å². The van der Waals surface area contributed by atoms with Crippen LogP contribution < -0.4 is 0 Å². The van der Waals surface area contributed by atoms with Gasteiger partial charge in [0.15, 0.2) is 0 Å². The second kappa shape index (κ2) is 6.33. The van der Waals surface area contributed by atoms with Crippen LogP contribution in [0.5, 0.6) is 0 Å². The fraction of sp³-hybridized carbons (Fsp3) is 0.917. The Hall–Kier alpha value is -0.650. The number of carbonyl (C=O) groups is 1. The molecule has 0 aromatic rings. The molecule has 0 aromatic carbocycles. The molecule has 1 heterocycles. The van der Waals surface area contributed by atoms with Crippen LogP contribution in [-0.4, -0.2) is 73.4 Å². The molecular weight excluding hydrogens is 220 g/mol. The van der Waals surface area contributed by atoms with Crippen LogP contribution >= 0.6 is 0 Å². The molecule has 1 aliphatic carbocycles. The van der Waals surface area contributed by atoms with Crippen molar-refractivity contribution in [1.82, 2.24) is 9.80 Å². The van der Waals surface area contributed by atoms with Gasteiger partial charge in [-0.2, -0.15) is 0 Å². The maximum Gasteiger partial charge on any atom is 0.225 e. The van der Waals surface area contributed by atoms with E-state index in [-0.39, 0.29) is 18.4 Å². The molecule has 1 saturated carbocycles. The summed E-state index contributed by atoms with van der Waals surface area (Å²) >= 11 is 0. The van der Waals surface area contributed by atoms with Crippen molar-refractivity contribution in [2.24, 2.45) is 5.92 Å². The Kier molecular flexibility index (Phi) is 4.76. The molecule has 1 amide bonds. The quantitative estimate of drug-likeness (QED) is 0.685. The van der Waals surface area contributed by atoms with Crippen molar-refractivity contribution < 1.29 is 14.6 Å². The average Bonchev–Trinajstić information content (AvgIpc) is 3.19. The molecule has 2 rings (SSSR count). The van der Waals surface area contributed by atoms with Gasteiger partial charge in [0.25, 0.3) is 0 Å². The highest BCUT2D eigenvalue weighted by molar-refractivity contribution is 5.81. The molecule has 0 radical (unpaired) electrons. The maximum absolute atomic E-state index is 11.9. The molecule has 5 heteroatoms. The van der Waals surface area contributed by atoms with Crippen molar-refractivity contribution in [1.29, 1.82) is 0 Å². The first-order valence-electron chi connectivity index (χ1n) is 6.51. The van der Waals surface area contributed by atoms with Gasteiger partial charge in [0.2, 0.25) is 5.91 Å². The largest absolute Gasteiger partial charge is 0.395 e. The lowest BCUT2D eigenvalue weighted by molar-refractivity contribution is -0.133. The number of amides is 1. The summed E-state index contributed by atoms with van der Waals surface area (Å²) in [5, 5.41) is 9.00. The molecule has 0 aromatic heterocycles. The Bertz CT molecular complexity index is 250. The highest BCUT2D eigenvalue weighted by Crippen LogP contribution is 2.30. The van der Waals surface area contributed by atoms with Crippen LogP contribution in [0, 0.1) is 5.92 Å². The van der Waals surface area contributed by atoms with Crippen LogP contribution in [0.2, 0.25) is 0 Å². The number of ether oxygens (including phenoxy) is 1. The minimum atomic E-state index is 0.0571. The number of carbonyl (C=O) groups excluding carboxylic acids is 1. The lowest BCUT2D eigenvalue weighted by atomic mass is 10.3. The molecule has 2 fully saturated rings. The second-order valence-corrected chi connectivity index (χ2v) is 4.78. The molecule has 17 heavy (non-hydrogen) atoms. The molecule has 0 atom stereocenters. The smallest absolute Gasteiger partial charge is 0.225 e. The summed E-state index contributed by atoms with van der Waals surface area (Å²) in [5.41, 5.74) is 0. The van der Waals surface area contributed by atoms with Crippen molar-refractivity contribution in [2.75, 3.05) is 52.5 Å². The van der Waals surface area contributed by atoms with E-state index < -0.39 is 0 Å². The van der Waals surface area contributed by atoms with Crippen LogP contribution in [0.15, 0.2) is 0 Å². The second-order valence-electron chi connectivity index (χ2n) is 4.78.